The minimum Gasteiger partial charge on any atom is -0.325 e. The fourth-order valence-corrected chi connectivity index (χ4v) is 5.22. The number of pyridine rings is 1. The Hall–Kier alpha value is -3.97. The highest BCUT2D eigenvalue weighted by atomic mass is 32.2. The van der Waals surface area contributed by atoms with Crippen molar-refractivity contribution >= 4 is 27.3 Å². The molecule has 6 nitrogen and oxygen atoms in total. The molecule has 0 spiro atoms. The van der Waals surface area contributed by atoms with Gasteiger partial charge < -0.3 is 5.32 Å². The van der Waals surface area contributed by atoms with Crippen LogP contribution in [0, 0.1) is 20.8 Å². The second kappa shape index (κ2) is 10.7. The van der Waals surface area contributed by atoms with E-state index in [1.165, 1.54) is 0 Å². The molecule has 0 bridgehead atoms. The van der Waals surface area contributed by atoms with Gasteiger partial charge in [-0.2, -0.15) is 0 Å². The van der Waals surface area contributed by atoms with Gasteiger partial charge in [0.2, 0.25) is 5.91 Å². The molecule has 0 saturated heterocycles. The fraction of sp³-hybridized carbons (Fsp3) is 0.172. The van der Waals surface area contributed by atoms with Crippen LogP contribution in [-0.2, 0) is 21.2 Å². The number of nitrogens with one attached hydrogen (secondary N) is 1. The van der Waals surface area contributed by atoms with Gasteiger partial charge in [-0.15, -0.1) is 0 Å². The Morgan fingerprint density at radius 3 is 2.08 bits per heavy atom. The quantitative estimate of drug-likeness (QED) is 0.351. The summed E-state index contributed by atoms with van der Waals surface area (Å²) in [7, 11) is -3.96. The lowest BCUT2D eigenvalue weighted by Crippen LogP contribution is -2.38. The van der Waals surface area contributed by atoms with Gasteiger partial charge >= 0.3 is 0 Å². The number of hydrogen-bond acceptors (Lipinski definition) is 4. The predicted molar refractivity (Wildman–Crippen MR) is 144 cm³/mol. The molecule has 1 N–H and O–H groups in total. The van der Waals surface area contributed by atoms with Crippen LogP contribution in [0.1, 0.15) is 27.8 Å². The largest absolute Gasteiger partial charge is 0.325 e. The van der Waals surface area contributed by atoms with Crippen LogP contribution in [0.3, 0.4) is 0 Å². The number of hydrogen-bond donors (Lipinski definition) is 1. The first-order valence-electron chi connectivity index (χ1n) is 11.7. The highest BCUT2D eigenvalue weighted by Gasteiger charge is 2.27. The summed E-state index contributed by atoms with van der Waals surface area (Å²) in [5, 5.41) is 2.84. The summed E-state index contributed by atoms with van der Waals surface area (Å²) < 4.78 is 28.3. The molecule has 0 saturated carbocycles. The molecule has 1 amide bonds. The smallest absolute Gasteiger partial charge is 0.264 e. The lowest BCUT2D eigenvalue weighted by Gasteiger charge is -2.25. The van der Waals surface area contributed by atoms with Crippen LogP contribution >= 0.6 is 0 Å². The first-order valence-corrected chi connectivity index (χ1v) is 13.1. The summed E-state index contributed by atoms with van der Waals surface area (Å²) in [5.74, 6) is -0.425. The molecule has 0 aliphatic heterocycles. The molecule has 36 heavy (non-hydrogen) atoms. The number of sulfonamides is 1. The standard InChI is InChI=1S/C29H29N3O3S/c1-21-4-12-28(13-5-21)36(34,35)32(27-11-6-22(2)23(3)18-27)20-29(33)31-26-9-7-24(8-10-26)19-25-14-16-30-17-15-25/h4-18H,19-20H2,1-3H3,(H,31,33). The lowest BCUT2D eigenvalue weighted by molar-refractivity contribution is -0.114. The molecule has 4 rings (SSSR count). The molecule has 0 unspecified atom stereocenters. The minimum atomic E-state index is -3.96. The number of rotatable bonds is 8. The molecule has 1 heterocycles. The van der Waals surface area contributed by atoms with E-state index in [0.717, 1.165) is 38.5 Å². The first-order chi connectivity index (χ1) is 17.2. The Kier molecular flexibility index (Phi) is 7.50. The molecule has 0 radical (unpaired) electrons. The Labute approximate surface area is 212 Å². The van der Waals surface area contributed by atoms with E-state index in [4.69, 9.17) is 0 Å². The topological polar surface area (TPSA) is 79.4 Å². The molecule has 184 valence electrons. The summed E-state index contributed by atoms with van der Waals surface area (Å²) in [6, 6.07) is 23.5. The van der Waals surface area contributed by atoms with E-state index in [-0.39, 0.29) is 11.4 Å². The lowest BCUT2D eigenvalue weighted by atomic mass is 10.1. The van der Waals surface area contributed by atoms with Crippen LogP contribution in [0.2, 0.25) is 0 Å². The molecule has 7 heteroatoms. The molecular weight excluding hydrogens is 470 g/mol. The van der Waals surface area contributed by atoms with E-state index in [2.05, 4.69) is 10.3 Å². The summed E-state index contributed by atoms with van der Waals surface area (Å²) >= 11 is 0. The van der Waals surface area contributed by atoms with Crippen molar-refractivity contribution in [1.29, 1.82) is 0 Å². The van der Waals surface area contributed by atoms with Gasteiger partial charge in [0.15, 0.2) is 0 Å². The maximum Gasteiger partial charge on any atom is 0.264 e. The number of nitrogens with zero attached hydrogens (tertiary/aromatic N) is 2. The summed E-state index contributed by atoms with van der Waals surface area (Å²) in [4.78, 5) is 17.2. The normalized spacial score (nSPS) is 11.2. The summed E-state index contributed by atoms with van der Waals surface area (Å²) in [5.41, 5.74) is 6.24. The first kappa shape index (κ1) is 25.1. The van der Waals surface area contributed by atoms with Crippen molar-refractivity contribution in [3.8, 4) is 0 Å². The van der Waals surface area contributed by atoms with Crippen LogP contribution in [0.4, 0.5) is 11.4 Å². The zero-order valence-electron chi connectivity index (χ0n) is 20.6. The highest BCUT2D eigenvalue weighted by molar-refractivity contribution is 7.92. The number of anilines is 2. The summed E-state index contributed by atoms with van der Waals surface area (Å²) in [6.45, 7) is 5.43. The molecular formula is C29H29N3O3S. The van der Waals surface area contributed by atoms with E-state index in [1.54, 1.807) is 48.8 Å². The average Bonchev–Trinajstić information content (AvgIpc) is 2.86. The molecule has 3 aromatic carbocycles. The SMILES string of the molecule is Cc1ccc(S(=O)(=O)N(CC(=O)Nc2ccc(Cc3ccncc3)cc2)c2ccc(C)c(C)c2)cc1. The number of carbonyl (C=O) groups is 1. The zero-order valence-corrected chi connectivity index (χ0v) is 21.4. The van der Waals surface area contributed by atoms with Gasteiger partial charge in [0, 0.05) is 18.1 Å². The van der Waals surface area contributed by atoms with Crippen LogP contribution in [0.15, 0.2) is 96.2 Å². The van der Waals surface area contributed by atoms with E-state index in [1.807, 2.05) is 63.2 Å². The van der Waals surface area contributed by atoms with Crippen LogP contribution in [0.5, 0.6) is 0 Å². The van der Waals surface area contributed by atoms with Gasteiger partial charge in [-0.05, 0) is 98.0 Å². The fourth-order valence-electron chi connectivity index (χ4n) is 3.81. The monoisotopic (exact) mass is 499 g/mol. The van der Waals surface area contributed by atoms with Crippen LogP contribution in [-0.4, -0.2) is 25.9 Å². The van der Waals surface area contributed by atoms with Crippen molar-refractivity contribution in [3.05, 3.63) is 119 Å². The van der Waals surface area contributed by atoms with Gasteiger partial charge in [0.25, 0.3) is 10.0 Å². The average molecular weight is 500 g/mol. The maximum atomic E-state index is 13.6. The van der Waals surface area contributed by atoms with E-state index in [0.29, 0.717) is 11.4 Å². The Bertz CT molecular complexity index is 1450. The highest BCUT2D eigenvalue weighted by Crippen LogP contribution is 2.26. The van der Waals surface area contributed by atoms with Crippen molar-refractivity contribution in [2.45, 2.75) is 32.1 Å². The second-order valence-electron chi connectivity index (χ2n) is 8.87. The van der Waals surface area contributed by atoms with E-state index < -0.39 is 15.9 Å². The number of benzene rings is 3. The van der Waals surface area contributed by atoms with E-state index in [9.17, 15) is 13.2 Å². The van der Waals surface area contributed by atoms with Gasteiger partial charge in [-0.3, -0.25) is 14.1 Å². The Morgan fingerprint density at radius 1 is 0.806 bits per heavy atom. The third-order valence-electron chi connectivity index (χ3n) is 6.07. The van der Waals surface area contributed by atoms with Gasteiger partial charge in [0.05, 0.1) is 10.6 Å². The number of carbonyl (C=O) groups excluding carboxylic acids is 1. The Morgan fingerprint density at radius 2 is 1.44 bits per heavy atom. The maximum absolute atomic E-state index is 13.6. The van der Waals surface area contributed by atoms with Gasteiger partial charge in [-0.1, -0.05) is 35.9 Å². The van der Waals surface area contributed by atoms with Crippen molar-refractivity contribution in [3.63, 3.8) is 0 Å². The minimum absolute atomic E-state index is 0.139. The van der Waals surface area contributed by atoms with Gasteiger partial charge in [-0.25, -0.2) is 8.42 Å². The zero-order chi connectivity index (χ0) is 25.7. The van der Waals surface area contributed by atoms with Crippen LogP contribution in [0.25, 0.3) is 0 Å². The molecule has 1 aromatic heterocycles. The van der Waals surface area contributed by atoms with Crippen molar-refractivity contribution in [2.24, 2.45) is 0 Å². The summed E-state index contributed by atoms with van der Waals surface area (Å²) in [6.07, 6.45) is 4.28. The number of amides is 1. The molecule has 4 aromatic rings. The van der Waals surface area contributed by atoms with Crippen molar-refractivity contribution in [2.75, 3.05) is 16.2 Å². The van der Waals surface area contributed by atoms with Crippen LogP contribution < -0.4 is 9.62 Å². The molecule has 0 fully saturated rings. The molecule has 0 aliphatic carbocycles. The van der Waals surface area contributed by atoms with Gasteiger partial charge in [0.1, 0.15) is 6.54 Å². The molecule has 0 atom stereocenters. The Balaban J connectivity index is 1.55. The molecule has 0 aliphatic rings. The second-order valence-corrected chi connectivity index (χ2v) is 10.7. The third kappa shape index (κ3) is 5.98. The third-order valence-corrected chi connectivity index (χ3v) is 7.86. The number of aromatic nitrogens is 1. The predicted octanol–water partition coefficient (Wildman–Crippen LogP) is 5.43. The van der Waals surface area contributed by atoms with Crippen molar-refractivity contribution in [1.82, 2.24) is 4.98 Å². The number of aryl methyl sites for hydroxylation is 3. The van der Waals surface area contributed by atoms with E-state index >= 15 is 0 Å². The van der Waals surface area contributed by atoms with Crippen molar-refractivity contribution < 1.29 is 13.2 Å².